The van der Waals surface area contributed by atoms with Crippen LogP contribution in [0.15, 0.2) is 42.5 Å². The van der Waals surface area contributed by atoms with Gasteiger partial charge in [-0.3, -0.25) is 4.79 Å². The second-order valence-corrected chi connectivity index (χ2v) is 6.18. The van der Waals surface area contributed by atoms with E-state index in [-0.39, 0.29) is 5.91 Å². The van der Waals surface area contributed by atoms with Crippen molar-refractivity contribution in [3.8, 4) is 17.1 Å². The van der Waals surface area contributed by atoms with Crippen molar-refractivity contribution >= 4 is 5.91 Å². The smallest absolute Gasteiger partial charge is 0.261 e. The van der Waals surface area contributed by atoms with Crippen molar-refractivity contribution in [3.63, 3.8) is 0 Å². The molecular weight excluding hydrogens is 330 g/mol. The minimum atomic E-state index is -0.587. The molecule has 3 rings (SSSR count). The van der Waals surface area contributed by atoms with Crippen LogP contribution >= 0.6 is 0 Å². The number of ether oxygens (including phenoxy) is 1. The Labute approximate surface area is 151 Å². The van der Waals surface area contributed by atoms with Crippen LogP contribution in [-0.2, 0) is 11.3 Å². The summed E-state index contributed by atoms with van der Waals surface area (Å²) in [4.78, 5) is 12.4. The number of carbonyl (C=O) groups is 1. The first-order valence-electron chi connectivity index (χ1n) is 8.37. The normalized spacial score (nSPS) is 11.8. The molecule has 134 valence electrons. The summed E-state index contributed by atoms with van der Waals surface area (Å²) < 4.78 is 5.81. The first kappa shape index (κ1) is 17.6. The van der Waals surface area contributed by atoms with Gasteiger partial charge in [-0.2, -0.15) is 5.21 Å². The number of hydrogen-bond donors (Lipinski definition) is 2. The van der Waals surface area contributed by atoms with Gasteiger partial charge in [0.1, 0.15) is 5.75 Å². The van der Waals surface area contributed by atoms with Crippen LogP contribution in [0.2, 0.25) is 0 Å². The van der Waals surface area contributed by atoms with E-state index in [1.165, 1.54) is 0 Å². The number of aromatic nitrogens is 4. The minimum Gasteiger partial charge on any atom is -0.481 e. The number of hydrogen-bond acceptors (Lipinski definition) is 5. The molecule has 7 heteroatoms. The van der Waals surface area contributed by atoms with E-state index in [1.54, 1.807) is 6.92 Å². The number of aryl methyl sites for hydroxylation is 2. The maximum Gasteiger partial charge on any atom is 0.261 e. The van der Waals surface area contributed by atoms with Crippen LogP contribution in [0.1, 0.15) is 23.6 Å². The van der Waals surface area contributed by atoms with Gasteiger partial charge in [0.15, 0.2) is 6.10 Å². The molecule has 0 spiro atoms. The molecule has 2 N–H and O–H groups in total. The molecule has 1 heterocycles. The van der Waals surface area contributed by atoms with E-state index in [0.717, 1.165) is 28.0 Å². The summed E-state index contributed by atoms with van der Waals surface area (Å²) in [6.45, 7) is 6.09. The van der Waals surface area contributed by atoms with Gasteiger partial charge >= 0.3 is 0 Å². The number of nitrogens with zero attached hydrogens (tertiary/aromatic N) is 3. The number of tetrazole rings is 1. The quantitative estimate of drug-likeness (QED) is 0.712. The first-order valence-corrected chi connectivity index (χ1v) is 8.37. The van der Waals surface area contributed by atoms with Crippen molar-refractivity contribution in [2.75, 3.05) is 0 Å². The van der Waals surface area contributed by atoms with Crippen LogP contribution in [0.3, 0.4) is 0 Å². The maximum atomic E-state index is 12.4. The minimum absolute atomic E-state index is 0.170. The molecule has 3 aromatic rings. The number of benzene rings is 2. The Hall–Kier alpha value is -3.22. The molecule has 0 saturated carbocycles. The average Bonchev–Trinajstić information content (AvgIpc) is 3.17. The number of aromatic amines is 1. The largest absolute Gasteiger partial charge is 0.481 e. The van der Waals surface area contributed by atoms with E-state index >= 15 is 0 Å². The second kappa shape index (κ2) is 7.77. The van der Waals surface area contributed by atoms with Crippen molar-refractivity contribution in [3.05, 3.63) is 59.2 Å². The van der Waals surface area contributed by atoms with Gasteiger partial charge in [0.2, 0.25) is 5.82 Å². The van der Waals surface area contributed by atoms with Crippen LogP contribution < -0.4 is 10.1 Å². The maximum absolute atomic E-state index is 12.4. The Balaban J connectivity index is 1.60. The fraction of sp³-hybridized carbons (Fsp3) is 0.263. The zero-order valence-corrected chi connectivity index (χ0v) is 15.0. The van der Waals surface area contributed by atoms with Gasteiger partial charge in [0.05, 0.1) is 0 Å². The summed E-state index contributed by atoms with van der Waals surface area (Å²) in [6.07, 6.45) is -0.587. The summed E-state index contributed by atoms with van der Waals surface area (Å²) in [7, 11) is 0. The summed E-state index contributed by atoms with van der Waals surface area (Å²) >= 11 is 0. The molecule has 2 aromatic carbocycles. The predicted molar refractivity (Wildman–Crippen MR) is 97.5 cm³/mol. The summed E-state index contributed by atoms with van der Waals surface area (Å²) in [5.74, 6) is 1.08. The lowest BCUT2D eigenvalue weighted by Crippen LogP contribution is -2.36. The molecule has 26 heavy (non-hydrogen) atoms. The predicted octanol–water partition coefficient (Wildman–Crippen LogP) is 2.57. The topological polar surface area (TPSA) is 92.8 Å². The summed E-state index contributed by atoms with van der Waals surface area (Å²) in [5, 5.41) is 16.8. The zero-order valence-electron chi connectivity index (χ0n) is 15.0. The third-order valence-corrected chi connectivity index (χ3v) is 4.01. The number of H-pyrrole nitrogens is 1. The lowest BCUT2D eigenvalue weighted by atomic mass is 10.1. The van der Waals surface area contributed by atoms with E-state index in [4.69, 9.17) is 4.74 Å². The van der Waals surface area contributed by atoms with Gasteiger partial charge in [0.25, 0.3) is 5.91 Å². The van der Waals surface area contributed by atoms with Gasteiger partial charge in [-0.1, -0.05) is 30.3 Å². The molecule has 7 nitrogen and oxygen atoms in total. The number of carbonyl (C=O) groups excluding carboxylic acids is 1. The summed E-state index contributed by atoms with van der Waals surface area (Å²) in [5.41, 5.74) is 3.88. The molecule has 0 fully saturated rings. The van der Waals surface area contributed by atoms with Gasteiger partial charge in [0, 0.05) is 12.1 Å². The Bertz CT molecular complexity index is 893. The Morgan fingerprint density at radius 1 is 1.23 bits per heavy atom. The SMILES string of the molecule is Cc1ccc(C)c(OC(C)C(=O)NCc2cccc(-c3nn[nH]n3)c2)c1. The molecule has 1 aromatic heterocycles. The second-order valence-electron chi connectivity index (χ2n) is 6.18. The highest BCUT2D eigenvalue weighted by atomic mass is 16.5. The molecule has 0 saturated heterocycles. The van der Waals surface area contributed by atoms with Crippen molar-refractivity contribution in [1.29, 1.82) is 0 Å². The highest BCUT2D eigenvalue weighted by Crippen LogP contribution is 2.20. The van der Waals surface area contributed by atoms with Crippen molar-refractivity contribution in [2.45, 2.75) is 33.4 Å². The average molecular weight is 351 g/mol. The van der Waals surface area contributed by atoms with E-state index in [1.807, 2.05) is 56.3 Å². The van der Waals surface area contributed by atoms with Crippen LogP contribution in [0.25, 0.3) is 11.4 Å². The standard InChI is InChI=1S/C19H21N5O2/c1-12-7-8-13(2)17(9-12)26-14(3)19(25)20-11-15-5-4-6-16(10-15)18-21-23-24-22-18/h4-10,14H,11H2,1-3H3,(H,20,25)(H,21,22,23,24). The monoisotopic (exact) mass is 351 g/mol. The van der Waals surface area contributed by atoms with Gasteiger partial charge in [-0.15, -0.1) is 10.2 Å². The lowest BCUT2D eigenvalue weighted by Gasteiger charge is -2.17. The Kier molecular flexibility index (Phi) is 5.26. The molecule has 0 aliphatic carbocycles. The molecule has 1 unspecified atom stereocenters. The van der Waals surface area contributed by atoms with Gasteiger partial charge < -0.3 is 10.1 Å². The van der Waals surface area contributed by atoms with Crippen LogP contribution in [0.4, 0.5) is 0 Å². The van der Waals surface area contributed by atoms with Crippen LogP contribution in [-0.4, -0.2) is 32.6 Å². The van der Waals surface area contributed by atoms with Crippen molar-refractivity contribution in [1.82, 2.24) is 25.9 Å². The molecule has 0 radical (unpaired) electrons. The molecular formula is C19H21N5O2. The van der Waals surface area contributed by atoms with Crippen molar-refractivity contribution < 1.29 is 9.53 Å². The number of rotatable bonds is 6. The van der Waals surface area contributed by atoms with Crippen molar-refractivity contribution in [2.24, 2.45) is 0 Å². The third kappa shape index (κ3) is 4.24. The fourth-order valence-corrected chi connectivity index (χ4v) is 2.52. The molecule has 1 atom stereocenters. The zero-order chi connectivity index (χ0) is 18.5. The molecule has 1 amide bonds. The van der Waals surface area contributed by atoms with E-state index in [2.05, 4.69) is 25.9 Å². The highest BCUT2D eigenvalue weighted by Gasteiger charge is 2.15. The van der Waals surface area contributed by atoms with Gasteiger partial charge in [-0.05, 0) is 54.8 Å². The summed E-state index contributed by atoms with van der Waals surface area (Å²) in [6, 6.07) is 13.6. The number of amides is 1. The lowest BCUT2D eigenvalue weighted by molar-refractivity contribution is -0.127. The van der Waals surface area contributed by atoms with Crippen LogP contribution in [0.5, 0.6) is 5.75 Å². The third-order valence-electron chi connectivity index (χ3n) is 4.01. The van der Waals surface area contributed by atoms with E-state index in [9.17, 15) is 4.79 Å². The fourth-order valence-electron chi connectivity index (χ4n) is 2.52. The first-order chi connectivity index (χ1) is 12.5. The number of nitrogens with one attached hydrogen (secondary N) is 2. The highest BCUT2D eigenvalue weighted by molar-refractivity contribution is 5.80. The molecule has 0 aliphatic heterocycles. The van der Waals surface area contributed by atoms with Gasteiger partial charge in [-0.25, -0.2) is 0 Å². The van der Waals surface area contributed by atoms with E-state index in [0.29, 0.717) is 12.4 Å². The molecule has 0 aliphatic rings. The molecule has 0 bridgehead atoms. The Morgan fingerprint density at radius 2 is 2.08 bits per heavy atom. The Morgan fingerprint density at radius 3 is 2.85 bits per heavy atom. The van der Waals surface area contributed by atoms with E-state index < -0.39 is 6.10 Å². The van der Waals surface area contributed by atoms with Crippen LogP contribution in [0, 0.1) is 13.8 Å².